The number of methoxy groups -OCH3 is 1. The number of thiocarbonyl (C=S) groups is 1. The molecule has 0 spiro atoms. The summed E-state index contributed by atoms with van der Waals surface area (Å²) in [5.41, 5.74) is 4.83. The molecule has 0 radical (unpaired) electrons. The molecule has 5 nitrogen and oxygen atoms in total. The number of aryl methyl sites for hydroxylation is 2. The van der Waals surface area contributed by atoms with Gasteiger partial charge in [-0.15, -0.1) is 0 Å². The lowest BCUT2D eigenvalue weighted by Crippen LogP contribution is -2.28. The molecular formula is C27H21ClN2O3S2. The lowest BCUT2D eigenvalue weighted by molar-refractivity contribution is -0.113. The number of carbonyl (C=O) groups excluding carboxylic acids is 1. The van der Waals surface area contributed by atoms with Crippen LogP contribution in [0.4, 0.5) is 5.69 Å². The van der Waals surface area contributed by atoms with E-state index in [1.165, 1.54) is 18.9 Å². The summed E-state index contributed by atoms with van der Waals surface area (Å²) in [5, 5.41) is 9.63. The van der Waals surface area contributed by atoms with Gasteiger partial charge in [0.05, 0.1) is 34.4 Å². The Morgan fingerprint density at radius 2 is 1.94 bits per heavy atom. The van der Waals surface area contributed by atoms with Gasteiger partial charge in [-0.3, -0.25) is 9.69 Å². The molecule has 0 saturated carbocycles. The Morgan fingerprint density at radius 1 is 1.17 bits per heavy atom. The van der Waals surface area contributed by atoms with Crippen LogP contribution < -0.4 is 14.4 Å². The number of anilines is 1. The van der Waals surface area contributed by atoms with Crippen LogP contribution in [0.5, 0.6) is 11.5 Å². The number of nitrogens with zero attached hydrogens (tertiary/aromatic N) is 2. The minimum absolute atomic E-state index is 0.160. The standard InChI is InChI=1S/C27H21ClN2O3S2/c1-16-8-9-22(17(2)10-16)30-26(31)24(35-27(30)34)13-18-11-21(28)25(23(12-18)32-3)33-15-20-7-5-4-6-19(20)14-29/h4-13H,15H2,1-3H3/b24-13+. The zero-order valence-electron chi connectivity index (χ0n) is 19.3. The number of thioether (sulfide) groups is 1. The molecule has 0 aromatic heterocycles. The van der Waals surface area contributed by atoms with Crippen molar-refractivity contribution >= 4 is 57.6 Å². The largest absolute Gasteiger partial charge is 0.493 e. The van der Waals surface area contributed by atoms with Gasteiger partial charge in [-0.25, -0.2) is 0 Å². The molecule has 1 saturated heterocycles. The first-order chi connectivity index (χ1) is 16.8. The minimum atomic E-state index is -0.185. The fraction of sp³-hybridized carbons (Fsp3) is 0.148. The van der Waals surface area contributed by atoms with Crippen LogP contribution in [0.15, 0.2) is 59.5 Å². The van der Waals surface area contributed by atoms with E-state index in [1.54, 1.807) is 35.2 Å². The maximum absolute atomic E-state index is 13.2. The Bertz CT molecular complexity index is 1410. The summed E-state index contributed by atoms with van der Waals surface area (Å²) in [6, 6.07) is 18.7. The van der Waals surface area contributed by atoms with Gasteiger partial charge in [-0.2, -0.15) is 5.26 Å². The summed E-state index contributed by atoms with van der Waals surface area (Å²) in [6.07, 6.45) is 1.74. The number of halogens is 1. The summed E-state index contributed by atoms with van der Waals surface area (Å²) in [6.45, 7) is 4.13. The highest BCUT2D eigenvalue weighted by atomic mass is 35.5. The van der Waals surface area contributed by atoms with Crippen molar-refractivity contribution in [1.82, 2.24) is 0 Å². The van der Waals surface area contributed by atoms with Gasteiger partial charge in [0.25, 0.3) is 5.91 Å². The van der Waals surface area contributed by atoms with Gasteiger partial charge in [0.1, 0.15) is 6.61 Å². The Kier molecular flexibility index (Phi) is 7.46. The summed E-state index contributed by atoms with van der Waals surface area (Å²) in [4.78, 5) is 15.3. The highest BCUT2D eigenvalue weighted by Crippen LogP contribution is 2.41. The van der Waals surface area contributed by atoms with Crippen molar-refractivity contribution < 1.29 is 14.3 Å². The first kappa shape index (κ1) is 24.8. The molecule has 8 heteroatoms. The smallest absolute Gasteiger partial charge is 0.270 e. The van der Waals surface area contributed by atoms with Crippen molar-refractivity contribution in [3.8, 4) is 17.6 Å². The average Bonchev–Trinajstić information content (AvgIpc) is 3.10. The van der Waals surface area contributed by atoms with Crippen LogP contribution in [0, 0.1) is 25.2 Å². The first-order valence-corrected chi connectivity index (χ1v) is 12.3. The number of nitriles is 1. The summed E-state index contributed by atoms with van der Waals surface area (Å²) < 4.78 is 11.9. The van der Waals surface area contributed by atoms with E-state index in [-0.39, 0.29) is 12.5 Å². The van der Waals surface area contributed by atoms with Gasteiger partial charge in [-0.1, -0.05) is 71.5 Å². The van der Waals surface area contributed by atoms with Gasteiger partial charge < -0.3 is 9.47 Å². The molecule has 0 atom stereocenters. The average molecular weight is 521 g/mol. The van der Waals surface area contributed by atoms with Gasteiger partial charge in [0.15, 0.2) is 15.8 Å². The second-order valence-corrected chi connectivity index (χ2v) is 9.98. The van der Waals surface area contributed by atoms with E-state index in [9.17, 15) is 10.1 Å². The van der Waals surface area contributed by atoms with E-state index in [2.05, 4.69) is 6.07 Å². The molecule has 1 fully saturated rings. The topological polar surface area (TPSA) is 62.6 Å². The second kappa shape index (κ2) is 10.5. The monoisotopic (exact) mass is 520 g/mol. The second-order valence-electron chi connectivity index (χ2n) is 7.90. The van der Waals surface area contributed by atoms with Gasteiger partial charge >= 0.3 is 0 Å². The fourth-order valence-electron chi connectivity index (χ4n) is 3.75. The van der Waals surface area contributed by atoms with Crippen LogP contribution in [-0.2, 0) is 11.4 Å². The van der Waals surface area contributed by atoms with Crippen molar-refractivity contribution in [2.75, 3.05) is 12.0 Å². The van der Waals surface area contributed by atoms with E-state index in [4.69, 9.17) is 33.3 Å². The normalized spacial score (nSPS) is 14.4. The highest BCUT2D eigenvalue weighted by Gasteiger charge is 2.34. The molecule has 1 aliphatic heterocycles. The van der Waals surface area contributed by atoms with E-state index >= 15 is 0 Å². The zero-order chi connectivity index (χ0) is 25.1. The van der Waals surface area contributed by atoms with E-state index in [1.807, 2.05) is 44.2 Å². The molecule has 0 aliphatic carbocycles. The summed E-state index contributed by atoms with van der Waals surface area (Å²) in [7, 11) is 1.52. The quantitative estimate of drug-likeness (QED) is 0.262. The van der Waals surface area contributed by atoms with Gasteiger partial charge in [-0.05, 0) is 55.3 Å². The van der Waals surface area contributed by atoms with Crippen molar-refractivity contribution in [1.29, 1.82) is 5.26 Å². The van der Waals surface area contributed by atoms with E-state index in [0.29, 0.717) is 36.9 Å². The number of hydrogen-bond donors (Lipinski definition) is 0. The molecule has 1 amide bonds. The lowest BCUT2D eigenvalue weighted by Gasteiger charge is -2.17. The maximum atomic E-state index is 13.2. The van der Waals surface area contributed by atoms with Crippen LogP contribution in [0.3, 0.4) is 0 Å². The number of hydrogen-bond acceptors (Lipinski definition) is 6. The molecule has 0 N–H and O–H groups in total. The predicted octanol–water partition coefficient (Wildman–Crippen LogP) is 6.82. The summed E-state index contributed by atoms with van der Waals surface area (Å²) >= 11 is 13.3. The molecule has 3 aromatic rings. The lowest BCUT2D eigenvalue weighted by atomic mass is 10.1. The molecule has 4 rings (SSSR count). The number of ether oxygens (including phenoxy) is 2. The van der Waals surface area contributed by atoms with Crippen LogP contribution in [0.1, 0.15) is 27.8 Å². The van der Waals surface area contributed by atoms with Gasteiger partial charge in [0.2, 0.25) is 0 Å². The van der Waals surface area contributed by atoms with Crippen LogP contribution in [0.2, 0.25) is 5.02 Å². The SMILES string of the molecule is COc1cc(/C=C2/SC(=S)N(c3ccc(C)cc3C)C2=O)cc(Cl)c1OCc1ccccc1C#N. The van der Waals surface area contributed by atoms with Crippen LogP contribution in [0.25, 0.3) is 6.08 Å². The third-order valence-corrected chi connectivity index (χ3v) is 7.03. The Morgan fingerprint density at radius 3 is 2.66 bits per heavy atom. The molecule has 176 valence electrons. The maximum Gasteiger partial charge on any atom is 0.270 e. The van der Waals surface area contributed by atoms with Crippen LogP contribution >= 0.6 is 35.6 Å². The van der Waals surface area contributed by atoms with Crippen molar-refractivity contribution in [2.24, 2.45) is 0 Å². The van der Waals surface area contributed by atoms with E-state index < -0.39 is 0 Å². The Hall–Kier alpha value is -3.31. The molecule has 1 aliphatic rings. The third kappa shape index (κ3) is 5.20. The zero-order valence-corrected chi connectivity index (χ0v) is 21.7. The number of benzene rings is 3. The Balaban J connectivity index is 1.60. The molecular weight excluding hydrogens is 500 g/mol. The number of carbonyl (C=O) groups is 1. The van der Waals surface area contributed by atoms with Crippen molar-refractivity contribution in [3.63, 3.8) is 0 Å². The molecule has 35 heavy (non-hydrogen) atoms. The molecule has 0 unspecified atom stereocenters. The highest BCUT2D eigenvalue weighted by molar-refractivity contribution is 8.27. The van der Waals surface area contributed by atoms with Crippen molar-refractivity contribution in [3.05, 3.63) is 92.3 Å². The van der Waals surface area contributed by atoms with Crippen LogP contribution in [-0.4, -0.2) is 17.3 Å². The fourth-order valence-corrected chi connectivity index (χ4v) is 5.31. The first-order valence-electron chi connectivity index (χ1n) is 10.7. The third-order valence-electron chi connectivity index (χ3n) is 5.45. The predicted molar refractivity (Wildman–Crippen MR) is 145 cm³/mol. The number of rotatable bonds is 6. The van der Waals surface area contributed by atoms with Crippen molar-refractivity contribution in [2.45, 2.75) is 20.5 Å². The minimum Gasteiger partial charge on any atom is -0.493 e. The van der Waals surface area contributed by atoms with E-state index in [0.717, 1.165) is 22.4 Å². The molecule has 0 bridgehead atoms. The Labute approximate surface area is 218 Å². The molecule has 3 aromatic carbocycles. The van der Waals surface area contributed by atoms with Gasteiger partial charge in [0, 0.05) is 5.56 Å². The molecule has 1 heterocycles. The number of amides is 1. The summed E-state index contributed by atoms with van der Waals surface area (Å²) in [5.74, 6) is 0.598.